The molecule has 1 saturated carbocycles. The molecule has 3 N–H and O–H groups in total. The second-order valence-electron chi connectivity index (χ2n) is 12.8. The lowest BCUT2D eigenvalue weighted by molar-refractivity contribution is -0.134. The van der Waals surface area contributed by atoms with Gasteiger partial charge in [0.15, 0.2) is 17.3 Å². The van der Waals surface area contributed by atoms with Crippen molar-refractivity contribution in [1.29, 1.82) is 0 Å². The molecule has 0 radical (unpaired) electrons. The fourth-order valence-electron chi connectivity index (χ4n) is 7.13. The summed E-state index contributed by atoms with van der Waals surface area (Å²) in [5.41, 5.74) is 11.5. The first-order valence-corrected chi connectivity index (χ1v) is 16.2. The van der Waals surface area contributed by atoms with Gasteiger partial charge in [0.05, 0.1) is 23.3 Å². The first-order chi connectivity index (χ1) is 23.3. The van der Waals surface area contributed by atoms with Crippen LogP contribution in [0.5, 0.6) is 0 Å². The van der Waals surface area contributed by atoms with E-state index in [9.17, 15) is 13.6 Å². The minimum atomic E-state index is -2.71. The summed E-state index contributed by atoms with van der Waals surface area (Å²) < 4.78 is 47.3. The highest BCUT2D eigenvalue weighted by molar-refractivity contribution is 5.87. The Morgan fingerprint density at radius 2 is 1.96 bits per heavy atom. The number of rotatable bonds is 8. The Balaban J connectivity index is 1.15. The van der Waals surface area contributed by atoms with E-state index in [-0.39, 0.29) is 25.4 Å². The number of imidazole rings is 1. The van der Waals surface area contributed by atoms with Crippen LogP contribution in [0.25, 0.3) is 34.1 Å². The first kappa shape index (κ1) is 30.3. The second-order valence-corrected chi connectivity index (χ2v) is 12.8. The van der Waals surface area contributed by atoms with Gasteiger partial charge >= 0.3 is 0 Å². The molecule has 0 bridgehead atoms. The molecule has 10 nitrogen and oxygen atoms in total. The number of pyridine rings is 2. The molecular weight excluding hydrogens is 619 g/mol. The number of nitrogen functional groups attached to an aromatic ring is 1. The predicted molar refractivity (Wildman–Crippen MR) is 175 cm³/mol. The first-order valence-electron chi connectivity index (χ1n) is 16.2. The molecule has 1 amide bonds. The van der Waals surface area contributed by atoms with Crippen molar-refractivity contribution in [2.24, 2.45) is 0 Å². The molecular formula is C35H34F3N9O. The number of aromatic nitrogens is 6. The number of likely N-dealkylation sites (tertiary alicyclic amines) is 1. The molecule has 1 saturated heterocycles. The van der Waals surface area contributed by atoms with Crippen LogP contribution in [0, 0.1) is 0 Å². The summed E-state index contributed by atoms with van der Waals surface area (Å²) in [6.45, 7) is 3.59. The number of alkyl halides is 3. The van der Waals surface area contributed by atoms with Crippen molar-refractivity contribution in [2.75, 3.05) is 12.3 Å². The van der Waals surface area contributed by atoms with Crippen LogP contribution in [0.4, 0.5) is 19.0 Å². The third kappa shape index (κ3) is 5.31. The van der Waals surface area contributed by atoms with E-state index in [1.165, 1.54) is 0 Å². The van der Waals surface area contributed by atoms with E-state index in [2.05, 4.69) is 16.9 Å². The molecule has 4 atom stereocenters. The van der Waals surface area contributed by atoms with Crippen molar-refractivity contribution >= 4 is 22.9 Å². The van der Waals surface area contributed by atoms with E-state index in [0.717, 1.165) is 46.3 Å². The Kier molecular flexibility index (Phi) is 7.50. The van der Waals surface area contributed by atoms with E-state index in [4.69, 9.17) is 20.8 Å². The SMILES string of the molecule is C=CC(=O)N1CCC(NC2c3ccc(-n4c(-c5cccnc5N)nc5ccc(-n6ccc(C7CC7)n6)nc54)cc3CC2F)CC1C(F)F. The zero-order valence-corrected chi connectivity index (χ0v) is 26.0. The average molecular weight is 654 g/mol. The van der Waals surface area contributed by atoms with Gasteiger partial charge < -0.3 is 16.0 Å². The Hall–Kier alpha value is -5.04. The van der Waals surface area contributed by atoms with Crippen LogP contribution in [0.1, 0.15) is 54.5 Å². The lowest BCUT2D eigenvalue weighted by Gasteiger charge is -2.40. The number of fused-ring (bicyclic) bond motifs is 2. The highest BCUT2D eigenvalue weighted by Gasteiger charge is 2.40. The van der Waals surface area contributed by atoms with Crippen LogP contribution in [0.15, 0.2) is 73.6 Å². The van der Waals surface area contributed by atoms with Crippen LogP contribution in [0.3, 0.4) is 0 Å². The molecule has 4 unspecified atom stereocenters. The number of carbonyl (C=O) groups is 1. The lowest BCUT2D eigenvalue weighted by Crippen LogP contribution is -2.54. The van der Waals surface area contributed by atoms with Crippen molar-refractivity contribution in [2.45, 2.75) is 68.7 Å². The van der Waals surface area contributed by atoms with Crippen LogP contribution in [-0.4, -0.2) is 71.3 Å². The molecule has 5 heterocycles. The Morgan fingerprint density at radius 3 is 2.73 bits per heavy atom. The van der Waals surface area contributed by atoms with Gasteiger partial charge in [0.25, 0.3) is 6.43 Å². The van der Waals surface area contributed by atoms with Crippen LogP contribution < -0.4 is 11.1 Å². The minimum Gasteiger partial charge on any atom is -0.383 e. The summed E-state index contributed by atoms with van der Waals surface area (Å²) in [5.74, 6) is 1.48. The Morgan fingerprint density at radius 1 is 1.10 bits per heavy atom. The molecule has 8 rings (SSSR count). The van der Waals surface area contributed by atoms with E-state index in [1.807, 2.05) is 53.2 Å². The summed E-state index contributed by atoms with van der Waals surface area (Å²) in [6, 6.07) is 12.8. The molecule has 1 aliphatic heterocycles. The number of hydrogen-bond acceptors (Lipinski definition) is 7. The van der Waals surface area contributed by atoms with Crippen molar-refractivity contribution in [1.82, 2.24) is 39.5 Å². The highest BCUT2D eigenvalue weighted by Crippen LogP contribution is 2.40. The van der Waals surface area contributed by atoms with E-state index in [0.29, 0.717) is 46.5 Å². The lowest BCUT2D eigenvalue weighted by atomic mass is 9.95. The maximum Gasteiger partial charge on any atom is 0.258 e. The summed E-state index contributed by atoms with van der Waals surface area (Å²) >= 11 is 0. The molecule has 2 fully saturated rings. The zero-order chi connectivity index (χ0) is 33.1. The number of amides is 1. The highest BCUT2D eigenvalue weighted by atomic mass is 19.3. The summed E-state index contributed by atoms with van der Waals surface area (Å²) in [7, 11) is 0. The fourth-order valence-corrected chi connectivity index (χ4v) is 7.13. The third-order valence-corrected chi connectivity index (χ3v) is 9.71. The van der Waals surface area contributed by atoms with Crippen molar-refractivity contribution in [3.63, 3.8) is 0 Å². The number of carbonyl (C=O) groups excluding carboxylic acids is 1. The third-order valence-electron chi connectivity index (χ3n) is 9.71. The van der Waals surface area contributed by atoms with Crippen LogP contribution in [-0.2, 0) is 11.2 Å². The average Bonchev–Trinajstić information content (AvgIpc) is 3.57. The van der Waals surface area contributed by atoms with Gasteiger partial charge in [-0.25, -0.2) is 32.8 Å². The van der Waals surface area contributed by atoms with E-state index in [1.54, 1.807) is 16.9 Å². The summed E-state index contributed by atoms with van der Waals surface area (Å²) in [6.07, 6.45) is 3.52. The number of nitrogens with one attached hydrogen (secondary N) is 1. The molecule has 13 heteroatoms. The molecule has 5 aromatic rings. The van der Waals surface area contributed by atoms with Crippen molar-refractivity contribution in [3.05, 3.63) is 90.4 Å². The van der Waals surface area contributed by atoms with Gasteiger partial charge in [-0.1, -0.05) is 12.6 Å². The number of piperidine rings is 1. The Labute approximate surface area is 274 Å². The normalized spacial score (nSPS) is 22.4. The molecule has 3 aliphatic rings. The van der Waals surface area contributed by atoms with Gasteiger partial charge in [0.1, 0.15) is 17.5 Å². The number of nitrogens with two attached hydrogens (primary N) is 1. The molecule has 2 aliphatic carbocycles. The predicted octanol–water partition coefficient (Wildman–Crippen LogP) is 5.46. The standard InChI is InChI=1S/C35H34F3N9O/c1-2-30(48)45-14-11-21(18-28(45)32(37)38)41-31-23-8-7-22(16-20(23)17-25(31)36)47-34(24-4-3-13-40-33(24)39)42-27-9-10-29(43-35(27)47)46-15-12-26(44-46)19-5-6-19/h2-4,7-10,12-13,15-16,19,21,25,28,31-32,41H,1,5-6,11,14,17-18H2,(H2,39,40). The van der Waals surface area contributed by atoms with Gasteiger partial charge in [0.2, 0.25) is 5.91 Å². The number of hydrogen-bond donors (Lipinski definition) is 2. The van der Waals surface area contributed by atoms with Gasteiger partial charge in [-0.05, 0) is 85.4 Å². The number of halogens is 3. The van der Waals surface area contributed by atoms with Crippen LogP contribution >= 0.6 is 0 Å². The second kappa shape index (κ2) is 11.9. The van der Waals surface area contributed by atoms with Gasteiger partial charge in [-0.3, -0.25) is 9.36 Å². The van der Waals surface area contributed by atoms with Gasteiger partial charge in [-0.15, -0.1) is 0 Å². The maximum atomic E-state index is 15.7. The fraction of sp³-hybridized carbons (Fsp3) is 0.343. The maximum absolute atomic E-state index is 15.7. The smallest absolute Gasteiger partial charge is 0.258 e. The molecule has 0 spiro atoms. The number of nitrogens with zero attached hydrogens (tertiary/aromatic N) is 7. The number of anilines is 1. The monoisotopic (exact) mass is 653 g/mol. The largest absolute Gasteiger partial charge is 0.383 e. The van der Waals surface area contributed by atoms with Gasteiger partial charge in [-0.2, -0.15) is 5.10 Å². The van der Waals surface area contributed by atoms with Crippen LogP contribution in [0.2, 0.25) is 0 Å². The topological polar surface area (TPSA) is 120 Å². The van der Waals surface area contributed by atoms with E-state index >= 15 is 4.39 Å². The molecule has 4 aromatic heterocycles. The summed E-state index contributed by atoms with van der Waals surface area (Å²) in [4.78, 5) is 27.5. The minimum absolute atomic E-state index is 0.0250. The molecule has 246 valence electrons. The van der Waals surface area contributed by atoms with Gasteiger partial charge in [0, 0.05) is 43.0 Å². The van der Waals surface area contributed by atoms with Crippen molar-refractivity contribution < 1.29 is 18.0 Å². The number of benzene rings is 1. The quantitative estimate of drug-likeness (QED) is 0.214. The summed E-state index contributed by atoms with van der Waals surface area (Å²) in [5, 5.41) is 8.07. The zero-order valence-electron chi connectivity index (χ0n) is 26.0. The molecule has 48 heavy (non-hydrogen) atoms. The van der Waals surface area contributed by atoms with Crippen molar-refractivity contribution in [3.8, 4) is 22.9 Å². The van der Waals surface area contributed by atoms with E-state index < -0.39 is 30.6 Å². The molecule has 1 aromatic carbocycles. The Bertz CT molecular complexity index is 2040.